The third kappa shape index (κ3) is 2.91. The van der Waals surface area contributed by atoms with Crippen LogP contribution < -0.4 is 5.32 Å². The molecule has 2 aromatic rings. The molecule has 0 saturated carbocycles. The zero-order chi connectivity index (χ0) is 12.3. The van der Waals surface area contributed by atoms with Gasteiger partial charge in [-0.25, -0.2) is 0 Å². The van der Waals surface area contributed by atoms with Crippen molar-refractivity contribution in [2.75, 3.05) is 5.32 Å². The Labute approximate surface area is 108 Å². The van der Waals surface area contributed by atoms with Crippen LogP contribution in [-0.2, 0) is 0 Å². The molecule has 4 heteroatoms. The third-order valence-corrected chi connectivity index (χ3v) is 2.95. The van der Waals surface area contributed by atoms with E-state index in [-0.39, 0.29) is 5.91 Å². The summed E-state index contributed by atoms with van der Waals surface area (Å²) in [4.78, 5) is 15.8. The first-order chi connectivity index (χ1) is 8.16. The van der Waals surface area contributed by atoms with Gasteiger partial charge in [0, 0.05) is 16.9 Å². The van der Waals surface area contributed by atoms with Crippen LogP contribution in [-0.4, -0.2) is 10.9 Å². The lowest BCUT2D eigenvalue weighted by Gasteiger charge is -2.07. The van der Waals surface area contributed by atoms with Gasteiger partial charge >= 0.3 is 0 Å². The van der Waals surface area contributed by atoms with Gasteiger partial charge in [-0.15, -0.1) is 0 Å². The Hall–Kier alpha value is -1.68. The number of benzene rings is 1. The number of hydrogen-bond donors (Lipinski definition) is 1. The van der Waals surface area contributed by atoms with Crippen molar-refractivity contribution < 1.29 is 4.79 Å². The molecule has 1 heterocycles. The van der Waals surface area contributed by atoms with Crippen molar-refractivity contribution in [3.63, 3.8) is 0 Å². The molecule has 86 valence electrons. The fourth-order valence-corrected chi connectivity index (χ4v) is 2.01. The van der Waals surface area contributed by atoms with Crippen molar-refractivity contribution in [1.29, 1.82) is 0 Å². The highest BCUT2D eigenvalue weighted by atomic mass is 79.9. The summed E-state index contributed by atoms with van der Waals surface area (Å²) in [6.45, 7) is 2.00. The lowest BCUT2D eigenvalue weighted by molar-refractivity contribution is 0.102. The van der Waals surface area contributed by atoms with Crippen LogP contribution in [0.2, 0.25) is 0 Å². The minimum absolute atomic E-state index is 0.164. The number of anilines is 1. The highest BCUT2D eigenvalue weighted by Crippen LogP contribution is 2.23. The third-order valence-electron chi connectivity index (χ3n) is 2.30. The molecule has 1 aromatic heterocycles. The quantitative estimate of drug-likeness (QED) is 0.921. The van der Waals surface area contributed by atoms with Crippen LogP contribution in [0.5, 0.6) is 0 Å². The van der Waals surface area contributed by atoms with E-state index < -0.39 is 0 Å². The van der Waals surface area contributed by atoms with E-state index in [1.165, 1.54) is 6.20 Å². The topological polar surface area (TPSA) is 42.0 Å². The van der Waals surface area contributed by atoms with Crippen molar-refractivity contribution in [2.24, 2.45) is 0 Å². The molecule has 0 aliphatic rings. The fraction of sp³-hybridized carbons (Fsp3) is 0.0769. The maximum Gasteiger partial charge on any atom is 0.257 e. The van der Waals surface area contributed by atoms with E-state index in [0.717, 1.165) is 15.7 Å². The summed E-state index contributed by atoms with van der Waals surface area (Å²) in [5.74, 6) is -0.164. The second-order valence-electron chi connectivity index (χ2n) is 3.68. The van der Waals surface area contributed by atoms with Crippen LogP contribution in [0, 0.1) is 6.92 Å². The second kappa shape index (κ2) is 5.10. The first-order valence-electron chi connectivity index (χ1n) is 5.14. The maximum absolute atomic E-state index is 11.9. The minimum Gasteiger partial charge on any atom is -0.321 e. The first-order valence-corrected chi connectivity index (χ1v) is 5.93. The highest BCUT2D eigenvalue weighted by molar-refractivity contribution is 9.10. The van der Waals surface area contributed by atoms with Crippen molar-refractivity contribution in [3.8, 4) is 0 Å². The molecular formula is C13H11BrN2O. The van der Waals surface area contributed by atoms with Gasteiger partial charge in [0.2, 0.25) is 0 Å². The summed E-state index contributed by atoms with van der Waals surface area (Å²) < 4.78 is 0.870. The van der Waals surface area contributed by atoms with Gasteiger partial charge in [-0.2, -0.15) is 0 Å². The zero-order valence-electron chi connectivity index (χ0n) is 9.27. The van der Waals surface area contributed by atoms with Crippen molar-refractivity contribution >= 4 is 27.5 Å². The number of aryl methyl sites for hydroxylation is 1. The van der Waals surface area contributed by atoms with Crippen LogP contribution in [0.15, 0.2) is 47.2 Å². The average Bonchev–Trinajstić information content (AvgIpc) is 2.34. The average molecular weight is 291 g/mol. The Balaban J connectivity index is 2.19. The summed E-state index contributed by atoms with van der Waals surface area (Å²) in [7, 11) is 0. The number of carbonyl (C=O) groups excluding carboxylic acids is 1. The van der Waals surface area contributed by atoms with E-state index in [9.17, 15) is 4.79 Å². The van der Waals surface area contributed by atoms with Crippen LogP contribution in [0.25, 0.3) is 0 Å². The molecule has 0 aliphatic heterocycles. The lowest BCUT2D eigenvalue weighted by Crippen LogP contribution is -2.12. The molecule has 1 N–H and O–H groups in total. The summed E-state index contributed by atoms with van der Waals surface area (Å²) >= 11 is 3.42. The summed E-state index contributed by atoms with van der Waals surface area (Å²) in [5.41, 5.74) is 2.43. The number of rotatable bonds is 2. The summed E-state index contributed by atoms with van der Waals surface area (Å²) in [5, 5.41) is 2.83. The van der Waals surface area contributed by atoms with Gasteiger partial charge in [-0.1, -0.05) is 6.07 Å². The Morgan fingerprint density at radius 3 is 2.82 bits per heavy atom. The number of hydrogen-bond acceptors (Lipinski definition) is 2. The number of carbonyl (C=O) groups is 1. The second-order valence-corrected chi connectivity index (χ2v) is 4.53. The Morgan fingerprint density at radius 1 is 1.35 bits per heavy atom. The SMILES string of the molecule is Cc1ccc(NC(=O)c2cccnc2)c(Br)c1. The molecule has 2 rings (SSSR count). The van der Waals surface area contributed by atoms with Crippen molar-refractivity contribution in [3.05, 3.63) is 58.3 Å². The van der Waals surface area contributed by atoms with E-state index in [0.29, 0.717) is 5.56 Å². The number of nitrogens with one attached hydrogen (secondary N) is 1. The molecule has 0 aliphatic carbocycles. The normalized spacial score (nSPS) is 10.0. The molecule has 0 bridgehead atoms. The molecule has 0 radical (unpaired) electrons. The largest absolute Gasteiger partial charge is 0.321 e. The molecule has 1 amide bonds. The van der Waals surface area contributed by atoms with E-state index >= 15 is 0 Å². The van der Waals surface area contributed by atoms with Gasteiger partial charge in [0.25, 0.3) is 5.91 Å². The summed E-state index contributed by atoms with van der Waals surface area (Å²) in [6, 6.07) is 9.24. The first kappa shape index (κ1) is 11.8. The monoisotopic (exact) mass is 290 g/mol. The van der Waals surface area contributed by atoms with Crippen LogP contribution in [0.3, 0.4) is 0 Å². The number of nitrogens with zero attached hydrogens (tertiary/aromatic N) is 1. The Kier molecular flexibility index (Phi) is 3.54. The van der Waals surface area contributed by atoms with Gasteiger partial charge in [0.1, 0.15) is 0 Å². The highest BCUT2D eigenvalue weighted by Gasteiger charge is 2.07. The van der Waals surface area contributed by atoms with Crippen LogP contribution in [0.1, 0.15) is 15.9 Å². The predicted molar refractivity (Wildman–Crippen MR) is 71.1 cm³/mol. The molecule has 0 atom stereocenters. The Morgan fingerprint density at radius 2 is 2.18 bits per heavy atom. The van der Waals surface area contributed by atoms with E-state index in [2.05, 4.69) is 26.2 Å². The van der Waals surface area contributed by atoms with Gasteiger partial charge in [-0.3, -0.25) is 9.78 Å². The number of halogens is 1. The molecule has 0 spiro atoms. The molecule has 0 unspecified atom stereocenters. The van der Waals surface area contributed by atoms with Crippen molar-refractivity contribution in [1.82, 2.24) is 4.98 Å². The number of pyridine rings is 1. The van der Waals surface area contributed by atoms with Crippen molar-refractivity contribution in [2.45, 2.75) is 6.92 Å². The number of aromatic nitrogens is 1. The van der Waals surface area contributed by atoms with E-state index in [1.807, 2.05) is 25.1 Å². The molecule has 3 nitrogen and oxygen atoms in total. The van der Waals surface area contributed by atoms with Gasteiger partial charge in [0.05, 0.1) is 11.3 Å². The maximum atomic E-state index is 11.9. The van der Waals surface area contributed by atoms with Gasteiger partial charge in [0.15, 0.2) is 0 Å². The zero-order valence-corrected chi connectivity index (χ0v) is 10.9. The molecular weight excluding hydrogens is 280 g/mol. The fourth-order valence-electron chi connectivity index (χ4n) is 1.41. The van der Waals surface area contributed by atoms with Gasteiger partial charge < -0.3 is 5.32 Å². The predicted octanol–water partition coefficient (Wildman–Crippen LogP) is 3.40. The standard InChI is InChI=1S/C13H11BrN2O/c1-9-4-5-12(11(14)7-9)16-13(17)10-3-2-6-15-8-10/h2-8H,1H3,(H,16,17). The smallest absolute Gasteiger partial charge is 0.257 e. The summed E-state index contributed by atoms with van der Waals surface area (Å²) in [6.07, 6.45) is 3.18. The van der Waals surface area contributed by atoms with Crippen LogP contribution in [0.4, 0.5) is 5.69 Å². The van der Waals surface area contributed by atoms with Crippen LogP contribution >= 0.6 is 15.9 Å². The molecule has 0 saturated heterocycles. The molecule has 17 heavy (non-hydrogen) atoms. The Bertz CT molecular complexity index is 540. The van der Waals surface area contributed by atoms with Gasteiger partial charge in [-0.05, 0) is 52.7 Å². The lowest BCUT2D eigenvalue weighted by atomic mass is 10.2. The minimum atomic E-state index is -0.164. The molecule has 1 aromatic carbocycles. The van der Waals surface area contributed by atoms with E-state index in [1.54, 1.807) is 18.3 Å². The molecule has 0 fully saturated rings. The number of amides is 1. The van der Waals surface area contributed by atoms with E-state index in [4.69, 9.17) is 0 Å².